The van der Waals surface area contributed by atoms with Gasteiger partial charge in [-0.25, -0.2) is 0 Å². The summed E-state index contributed by atoms with van der Waals surface area (Å²) in [5.41, 5.74) is 0. The van der Waals surface area contributed by atoms with Gasteiger partial charge in [-0.05, 0) is 0 Å². The second-order valence-electron chi connectivity index (χ2n) is 6.70. The molecule has 4 aromatic rings. The van der Waals surface area contributed by atoms with Crippen LogP contribution in [0.15, 0.2) is 121 Å². The van der Waals surface area contributed by atoms with Crippen LogP contribution < -0.4 is 17.4 Å². The van der Waals surface area contributed by atoms with Crippen molar-refractivity contribution in [3.8, 4) is 0 Å². The fraction of sp³-hybridized carbons (Fsp3) is 0. The number of hydrogen-bond donors (Lipinski definition) is 0. The van der Waals surface area contributed by atoms with E-state index in [4.69, 9.17) is 10.9 Å². The van der Waals surface area contributed by atoms with E-state index in [-0.39, 0.29) is 0 Å². The molecule has 0 amide bonds. The second-order valence-corrected chi connectivity index (χ2v) is 23.8. The van der Waals surface area contributed by atoms with Gasteiger partial charge < -0.3 is 0 Å². The molecular formula is C24H20As4O4. The maximum absolute atomic E-state index is 6.81. The van der Waals surface area contributed by atoms with E-state index < -0.39 is 61.3 Å². The standard InChI is InChI=1S/C24H20As4O4/c1-5-13-21(14-6-1)25-29-26(22-15-7-2-8-16-22)31-28(24-19-11-4-12-20-24)32-27(30-25)23-17-9-3-10-18-23/h1-20H. The molecule has 5 rings (SSSR count). The minimum atomic E-state index is -2.32. The molecule has 4 nitrogen and oxygen atoms in total. The zero-order valence-electron chi connectivity index (χ0n) is 17.0. The van der Waals surface area contributed by atoms with Gasteiger partial charge >= 0.3 is 211 Å². The van der Waals surface area contributed by atoms with Gasteiger partial charge in [0, 0.05) is 0 Å². The summed E-state index contributed by atoms with van der Waals surface area (Å²) in [7, 11) is 0. The average Bonchev–Trinajstić information content (AvgIpc) is 2.86. The van der Waals surface area contributed by atoms with Crippen molar-refractivity contribution in [3.05, 3.63) is 121 Å². The van der Waals surface area contributed by atoms with Crippen LogP contribution in [0.4, 0.5) is 0 Å². The van der Waals surface area contributed by atoms with E-state index in [1.54, 1.807) is 0 Å². The van der Waals surface area contributed by atoms with E-state index in [2.05, 4.69) is 48.5 Å². The second kappa shape index (κ2) is 11.4. The zero-order valence-corrected chi connectivity index (χ0v) is 24.5. The average molecular weight is 672 g/mol. The minimum absolute atomic E-state index is 1.12. The molecule has 0 N–H and O–H groups in total. The van der Waals surface area contributed by atoms with Gasteiger partial charge in [-0.3, -0.25) is 0 Å². The molecule has 8 heteroatoms. The molecule has 1 heterocycles. The molecule has 0 unspecified atom stereocenters. The Morgan fingerprint density at radius 2 is 0.469 bits per heavy atom. The summed E-state index contributed by atoms with van der Waals surface area (Å²) in [6.45, 7) is 0. The third-order valence-corrected chi connectivity index (χ3v) is 25.9. The Labute approximate surface area is 209 Å². The van der Waals surface area contributed by atoms with Crippen molar-refractivity contribution in [2.45, 2.75) is 0 Å². The van der Waals surface area contributed by atoms with Crippen molar-refractivity contribution >= 4 is 78.7 Å². The Bertz CT molecular complexity index is 914. The molecule has 4 aromatic carbocycles. The van der Waals surface area contributed by atoms with Crippen LogP contribution in [-0.2, 0) is 10.9 Å². The van der Waals surface area contributed by atoms with Crippen LogP contribution in [0.1, 0.15) is 0 Å². The molecule has 1 saturated heterocycles. The summed E-state index contributed by atoms with van der Waals surface area (Å²) in [4.78, 5) is 0. The Hall–Kier alpha value is -1.05. The SMILES string of the molecule is c1ccc([As]2O[As](c3ccccc3)O[As](c3ccccc3)O[As](c3ccccc3)O2)cc1. The molecule has 0 aromatic heterocycles. The molecular weight excluding hydrogens is 652 g/mol. The number of rotatable bonds is 4. The topological polar surface area (TPSA) is 36.9 Å². The predicted octanol–water partition coefficient (Wildman–Crippen LogP) is 1.65. The summed E-state index contributed by atoms with van der Waals surface area (Å²) in [5.74, 6) is 0. The first-order valence-electron chi connectivity index (χ1n) is 10.00. The summed E-state index contributed by atoms with van der Waals surface area (Å²) >= 11 is -9.27. The van der Waals surface area contributed by atoms with Gasteiger partial charge in [-0.2, -0.15) is 0 Å². The van der Waals surface area contributed by atoms with Gasteiger partial charge in [-0.15, -0.1) is 0 Å². The predicted molar refractivity (Wildman–Crippen MR) is 132 cm³/mol. The first kappa shape index (κ1) is 22.7. The van der Waals surface area contributed by atoms with Crippen LogP contribution >= 0.6 is 0 Å². The van der Waals surface area contributed by atoms with Crippen molar-refractivity contribution in [3.63, 3.8) is 0 Å². The van der Waals surface area contributed by atoms with Crippen molar-refractivity contribution in [1.29, 1.82) is 0 Å². The molecule has 0 saturated carbocycles. The number of hydrogen-bond acceptors (Lipinski definition) is 4. The van der Waals surface area contributed by atoms with E-state index in [0.717, 1.165) is 17.4 Å². The third kappa shape index (κ3) is 5.71. The fourth-order valence-corrected chi connectivity index (χ4v) is 31.5. The molecule has 0 spiro atoms. The molecule has 1 aliphatic heterocycles. The number of benzene rings is 4. The van der Waals surface area contributed by atoms with Gasteiger partial charge in [0.2, 0.25) is 0 Å². The molecule has 0 radical (unpaired) electrons. The van der Waals surface area contributed by atoms with Crippen LogP contribution in [0.2, 0.25) is 0 Å². The van der Waals surface area contributed by atoms with Gasteiger partial charge in [0.25, 0.3) is 0 Å². The third-order valence-electron chi connectivity index (χ3n) is 4.46. The molecule has 32 heavy (non-hydrogen) atoms. The van der Waals surface area contributed by atoms with E-state index in [1.165, 1.54) is 0 Å². The Kier molecular flexibility index (Phi) is 8.09. The van der Waals surface area contributed by atoms with Crippen molar-refractivity contribution in [1.82, 2.24) is 0 Å². The van der Waals surface area contributed by atoms with E-state index in [0.29, 0.717) is 0 Å². The fourth-order valence-electron chi connectivity index (χ4n) is 2.91. The van der Waals surface area contributed by atoms with E-state index in [9.17, 15) is 0 Å². The van der Waals surface area contributed by atoms with Crippen LogP contribution in [0.25, 0.3) is 0 Å². The molecule has 1 aliphatic rings. The van der Waals surface area contributed by atoms with E-state index in [1.807, 2.05) is 72.8 Å². The molecule has 0 atom stereocenters. The van der Waals surface area contributed by atoms with E-state index >= 15 is 0 Å². The van der Waals surface area contributed by atoms with Crippen LogP contribution in [0, 0.1) is 0 Å². The molecule has 0 aliphatic carbocycles. The monoisotopic (exact) mass is 672 g/mol. The summed E-state index contributed by atoms with van der Waals surface area (Å²) in [5, 5.41) is 0. The van der Waals surface area contributed by atoms with Crippen molar-refractivity contribution in [2.75, 3.05) is 0 Å². The maximum atomic E-state index is 6.81. The van der Waals surface area contributed by atoms with Crippen molar-refractivity contribution < 1.29 is 10.9 Å². The summed E-state index contributed by atoms with van der Waals surface area (Å²) < 4.78 is 31.7. The molecule has 1 fully saturated rings. The summed E-state index contributed by atoms with van der Waals surface area (Å²) in [6.07, 6.45) is 0. The normalized spacial score (nSPS) is 23.8. The van der Waals surface area contributed by atoms with Crippen LogP contribution in [-0.4, -0.2) is 61.3 Å². The van der Waals surface area contributed by atoms with Gasteiger partial charge in [0.05, 0.1) is 0 Å². The Balaban J connectivity index is 1.55. The first-order chi connectivity index (χ1) is 15.9. The van der Waals surface area contributed by atoms with Crippen LogP contribution in [0.5, 0.6) is 0 Å². The Morgan fingerprint density at radius 3 is 0.656 bits per heavy atom. The quantitative estimate of drug-likeness (QED) is 0.310. The summed E-state index contributed by atoms with van der Waals surface area (Å²) in [6, 6.07) is 41.2. The zero-order chi connectivity index (χ0) is 21.6. The van der Waals surface area contributed by atoms with Gasteiger partial charge in [0.1, 0.15) is 0 Å². The van der Waals surface area contributed by atoms with Gasteiger partial charge in [-0.1, -0.05) is 0 Å². The molecule has 0 bridgehead atoms. The van der Waals surface area contributed by atoms with Crippen molar-refractivity contribution in [2.24, 2.45) is 0 Å². The first-order valence-corrected chi connectivity index (χ1v) is 19.9. The van der Waals surface area contributed by atoms with Crippen LogP contribution in [0.3, 0.4) is 0 Å². The molecule has 160 valence electrons. The van der Waals surface area contributed by atoms with Gasteiger partial charge in [0.15, 0.2) is 0 Å². The Morgan fingerprint density at radius 1 is 0.281 bits per heavy atom.